The lowest BCUT2D eigenvalue weighted by Gasteiger charge is -2.18. The lowest BCUT2D eigenvalue weighted by atomic mass is 10.0. The first-order valence-electron chi connectivity index (χ1n) is 8.52. The normalized spacial score (nSPS) is 11.4. The Morgan fingerprint density at radius 3 is 2.59 bits per heavy atom. The number of aryl methyl sites for hydroxylation is 1. The summed E-state index contributed by atoms with van der Waals surface area (Å²) in [7, 11) is 3.14. The van der Waals surface area contributed by atoms with Gasteiger partial charge in [0.1, 0.15) is 19.5 Å². The van der Waals surface area contributed by atoms with Gasteiger partial charge in [-0.25, -0.2) is 5.01 Å². The minimum absolute atomic E-state index is 0.169. The highest BCUT2D eigenvalue weighted by atomic mass is 35.5. The Bertz CT molecular complexity index is 796. The van der Waals surface area contributed by atoms with Gasteiger partial charge >= 0.3 is 0 Å². The Balaban J connectivity index is 2.23. The number of halogens is 1. The van der Waals surface area contributed by atoms with Crippen molar-refractivity contribution in [1.29, 1.82) is 0 Å². The molecule has 0 fully saturated rings. The molecule has 7 heteroatoms. The van der Waals surface area contributed by atoms with E-state index < -0.39 is 0 Å². The van der Waals surface area contributed by atoms with Crippen LogP contribution in [0, 0.1) is 6.92 Å². The number of carbonyl (C=O) groups excluding carboxylic acids is 1. The van der Waals surface area contributed by atoms with Crippen LogP contribution in [-0.2, 0) is 16.2 Å². The monoisotopic (exact) mass is 389 g/mol. The molecule has 27 heavy (non-hydrogen) atoms. The van der Waals surface area contributed by atoms with E-state index in [0.717, 1.165) is 16.9 Å². The third-order valence-corrected chi connectivity index (χ3v) is 4.03. The summed E-state index contributed by atoms with van der Waals surface area (Å²) in [6.07, 6.45) is 0. The number of rotatable bonds is 9. The van der Waals surface area contributed by atoms with Gasteiger partial charge in [-0.1, -0.05) is 47.6 Å². The topological polar surface area (TPSA) is 63.2 Å². The summed E-state index contributed by atoms with van der Waals surface area (Å²) in [5.41, 5.74) is 5.41. The maximum atomic E-state index is 12.7. The first-order valence-corrected chi connectivity index (χ1v) is 9.06. The van der Waals surface area contributed by atoms with Crippen LogP contribution in [0.15, 0.2) is 53.7 Å². The average molecular weight is 390 g/mol. The molecule has 0 bridgehead atoms. The van der Waals surface area contributed by atoms with Crippen LogP contribution < -0.4 is 10.2 Å². The lowest BCUT2D eigenvalue weighted by Crippen LogP contribution is -2.44. The van der Waals surface area contributed by atoms with E-state index in [4.69, 9.17) is 21.2 Å². The van der Waals surface area contributed by atoms with Crippen molar-refractivity contribution in [1.82, 2.24) is 10.4 Å². The molecule has 0 spiro atoms. The molecule has 0 aliphatic heterocycles. The molecular weight excluding hydrogens is 366 g/mol. The number of oxime groups is 1. The Hall–Kier alpha value is -2.57. The Morgan fingerprint density at radius 1 is 1.19 bits per heavy atom. The van der Waals surface area contributed by atoms with Crippen LogP contribution in [0.5, 0.6) is 5.75 Å². The van der Waals surface area contributed by atoms with Crippen LogP contribution in [-0.4, -0.2) is 43.2 Å². The van der Waals surface area contributed by atoms with E-state index in [9.17, 15) is 4.79 Å². The Labute approximate surface area is 164 Å². The molecule has 2 rings (SSSR count). The van der Waals surface area contributed by atoms with Gasteiger partial charge < -0.3 is 9.57 Å². The van der Waals surface area contributed by atoms with Crippen molar-refractivity contribution in [3.8, 4) is 5.75 Å². The molecule has 1 amide bonds. The number of hydrogen-bond acceptors (Lipinski definition) is 5. The largest absolute Gasteiger partial charge is 0.489 e. The third kappa shape index (κ3) is 5.98. The molecule has 0 aromatic heterocycles. The maximum absolute atomic E-state index is 12.7. The summed E-state index contributed by atoms with van der Waals surface area (Å²) in [6, 6.07) is 15.2. The average Bonchev–Trinajstić information content (AvgIpc) is 2.66. The minimum atomic E-state index is -0.382. The van der Waals surface area contributed by atoms with Crippen LogP contribution in [0.3, 0.4) is 0 Å². The molecule has 144 valence electrons. The molecule has 2 aromatic rings. The molecule has 0 radical (unpaired) electrons. The number of ether oxygens (including phenoxy) is 1. The number of benzene rings is 2. The number of amides is 1. The van der Waals surface area contributed by atoms with Gasteiger partial charge in [0.2, 0.25) is 0 Å². The second-order valence-electron chi connectivity index (χ2n) is 5.89. The number of alkyl halides is 1. The summed E-state index contributed by atoms with van der Waals surface area (Å²) < 4.78 is 5.94. The van der Waals surface area contributed by atoms with Gasteiger partial charge in [-0.3, -0.25) is 10.2 Å². The quantitative estimate of drug-likeness (QED) is 0.406. The van der Waals surface area contributed by atoms with Gasteiger partial charge in [0.25, 0.3) is 5.91 Å². The molecule has 0 aliphatic carbocycles. The number of para-hydroxylation sites is 1. The van der Waals surface area contributed by atoms with Crippen molar-refractivity contribution < 1.29 is 14.4 Å². The molecule has 0 heterocycles. The summed E-state index contributed by atoms with van der Waals surface area (Å²) >= 11 is 5.71. The van der Waals surface area contributed by atoms with Crippen LogP contribution >= 0.6 is 11.6 Å². The van der Waals surface area contributed by atoms with Crippen molar-refractivity contribution in [2.45, 2.75) is 13.5 Å². The summed E-state index contributed by atoms with van der Waals surface area (Å²) in [4.78, 5) is 17.6. The molecule has 6 nitrogen and oxygen atoms in total. The smallest absolute Gasteiger partial charge is 0.288 e. The van der Waals surface area contributed by atoms with Crippen LogP contribution in [0.25, 0.3) is 0 Å². The zero-order chi connectivity index (χ0) is 19.6. The third-order valence-electron chi connectivity index (χ3n) is 3.86. The molecule has 0 saturated carbocycles. The predicted octanol–water partition coefficient (Wildman–Crippen LogP) is 3.13. The van der Waals surface area contributed by atoms with E-state index in [1.54, 1.807) is 12.1 Å². The van der Waals surface area contributed by atoms with Crippen molar-refractivity contribution in [2.24, 2.45) is 5.16 Å². The van der Waals surface area contributed by atoms with Crippen LogP contribution in [0.2, 0.25) is 0 Å². The molecule has 0 saturated heterocycles. The van der Waals surface area contributed by atoms with Crippen molar-refractivity contribution in [3.63, 3.8) is 0 Å². The standard InChI is InChI=1S/C20H24ClN3O3/c1-15-8-4-7-11-18(15)27-14-16-9-5-6-10-17(16)19(23-26-3)20(25)22-24(2)13-12-21/h4-11H,12-14H2,1-3H3,(H,22,25)/b23-19+. The van der Waals surface area contributed by atoms with Gasteiger partial charge in [-0.05, 0) is 24.1 Å². The van der Waals surface area contributed by atoms with Crippen molar-refractivity contribution >= 4 is 23.2 Å². The zero-order valence-electron chi connectivity index (χ0n) is 15.7. The highest BCUT2D eigenvalue weighted by Gasteiger charge is 2.20. The fourth-order valence-corrected chi connectivity index (χ4v) is 2.72. The van der Waals surface area contributed by atoms with Gasteiger partial charge in [0.05, 0.1) is 0 Å². The van der Waals surface area contributed by atoms with E-state index in [0.29, 0.717) is 24.6 Å². The molecule has 1 N–H and O–H groups in total. The molecular formula is C20H24ClN3O3. The van der Waals surface area contributed by atoms with E-state index in [-0.39, 0.29) is 11.6 Å². The highest BCUT2D eigenvalue weighted by molar-refractivity contribution is 6.45. The summed E-state index contributed by atoms with van der Waals surface area (Å²) in [5, 5.41) is 5.53. The summed E-state index contributed by atoms with van der Waals surface area (Å²) in [5.74, 6) is 0.811. The Kier molecular flexibility index (Phi) is 8.10. The van der Waals surface area contributed by atoms with E-state index in [1.807, 2.05) is 55.5 Å². The maximum Gasteiger partial charge on any atom is 0.288 e. The molecule has 0 unspecified atom stereocenters. The molecule has 0 atom stereocenters. The number of hydrazine groups is 1. The molecule has 2 aromatic carbocycles. The minimum Gasteiger partial charge on any atom is -0.489 e. The van der Waals surface area contributed by atoms with Crippen LogP contribution in [0.4, 0.5) is 0 Å². The van der Waals surface area contributed by atoms with Crippen molar-refractivity contribution in [3.05, 3.63) is 65.2 Å². The van der Waals surface area contributed by atoms with Gasteiger partial charge in [0, 0.05) is 25.0 Å². The SMILES string of the molecule is CO/N=C(/C(=O)NN(C)CCCl)c1ccccc1COc1ccccc1C. The van der Waals surface area contributed by atoms with Crippen LogP contribution in [0.1, 0.15) is 16.7 Å². The van der Waals surface area contributed by atoms with Gasteiger partial charge in [-0.2, -0.15) is 0 Å². The summed E-state index contributed by atoms with van der Waals surface area (Å²) in [6.45, 7) is 2.79. The second-order valence-corrected chi connectivity index (χ2v) is 6.26. The zero-order valence-corrected chi connectivity index (χ0v) is 16.5. The highest BCUT2D eigenvalue weighted by Crippen LogP contribution is 2.19. The number of nitrogens with one attached hydrogen (secondary N) is 1. The van der Waals surface area contributed by atoms with E-state index >= 15 is 0 Å². The number of hydrogen-bond donors (Lipinski definition) is 1. The van der Waals surface area contributed by atoms with Crippen molar-refractivity contribution in [2.75, 3.05) is 26.6 Å². The Morgan fingerprint density at radius 2 is 1.89 bits per heavy atom. The van der Waals surface area contributed by atoms with Gasteiger partial charge in [0.15, 0.2) is 5.71 Å². The fourth-order valence-electron chi connectivity index (χ4n) is 2.46. The first-order chi connectivity index (χ1) is 13.1. The van der Waals surface area contributed by atoms with E-state index in [2.05, 4.69) is 10.6 Å². The predicted molar refractivity (Wildman–Crippen MR) is 107 cm³/mol. The molecule has 0 aliphatic rings. The van der Waals surface area contributed by atoms with Gasteiger partial charge in [-0.15, -0.1) is 11.6 Å². The number of carbonyl (C=O) groups is 1. The number of nitrogens with zero attached hydrogens (tertiary/aromatic N) is 2. The van der Waals surface area contributed by atoms with E-state index in [1.165, 1.54) is 7.11 Å². The first kappa shape index (κ1) is 20.7. The second kappa shape index (κ2) is 10.5. The lowest BCUT2D eigenvalue weighted by molar-refractivity contribution is -0.118. The fraction of sp³-hybridized carbons (Fsp3) is 0.300.